The Kier molecular flexibility index (Phi) is 3.55. The molecule has 1 aliphatic heterocycles. The maximum absolute atomic E-state index is 12.1. The molecule has 3 aliphatic carbocycles. The summed E-state index contributed by atoms with van der Waals surface area (Å²) >= 11 is 0. The first-order valence-corrected chi connectivity index (χ1v) is 9.45. The second-order valence-electron chi connectivity index (χ2n) is 8.98. The number of aliphatic imine (C=N–C) groups is 1. The fourth-order valence-electron chi connectivity index (χ4n) is 6.99. The topological polar surface area (TPSA) is 49.7 Å². The van der Waals surface area contributed by atoms with Gasteiger partial charge in [-0.05, 0) is 67.8 Å². The minimum atomic E-state index is 0.0962. The van der Waals surface area contributed by atoms with Crippen molar-refractivity contribution in [1.29, 1.82) is 0 Å². The van der Waals surface area contributed by atoms with Crippen LogP contribution in [0.3, 0.4) is 0 Å². The maximum atomic E-state index is 12.1. The van der Waals surface area contributed by atoms with Crippen molar-refractivity contribution in [1.82, 2.24) is 4.90 Å². The first-order valence-electron chi connectivity index (χ1n) is 9.45. The lowest BCUT2D eigenvalue weighted by molar-refractivity contribution is -0.138. The Morgan fingerprint density at radius 1 is 1.17 bits per heavy atom. The van der Waals surface area contributed by atoms with Gasteiger partial charge in [0, 0.05) is 18.5 Å². The lowest BCUT2D eigenvalue weighted by Crippen LogP contribution is -2.59. The fraction of sp³-hybridized carbons (Fsp3) is 0.800. The number of hydrogen-bond donors (Lipinski definition) is 0. The average molecular weight is 328 g/mol. The summed E-state index contributed by atoms with van der Waals surface area (Å²) < 4.78 is 0. The Bertz CT molecular complexity index is 638. The summed E-state index contributed by atoms with van der Waals surface area (Å²) in [6.07, 6.45) is 12.7. The summed E-state index contributed by atoms with van der Waals surface area (Å²) in [4.78, 5) is 29.1. The first kappa shape index (κ1) is 16.1. The third kappa shape index (κ3) is 1.95. The second kappa shape index (κ2) is 5.29. The highest BCUT2D eigenvalue weighted by molar-refractivity contribution is 5.89. The van der Waals surface area contributed by atoms with Gasteiger partial charge in [0.05, 0.1) is 6.04 Å². The Morgan fingerprint density at radius 2 is 1.96 bits per heavy atom. The summed E-state index contributed by atoms with van der Waals surface area (Å²) in [5, 5.41) is 0. The van der Waals surface area contributed by atoms with Gasteiger partial charge in [-0.3, -0.25) is 4.79 Å². The van der Waals surface area contributed by atoms with E-state index in [9.17, 15) is 9.59 Å². The molecule has 0 saturated heterocycles. The van der Waals surface area contributed by atoms with Crippen LogP contribution in [0.4, 0.5) is 0 Å². The molecule has 4 rings (SSSR count). The van der Waals surface area contributed by atoms with Gasteiger partial charge in [0.15, 0.2) is 0 Å². The molecule has 1 heterocycles. The zero-order valence-electron chi connectivity index (χ0n) is 15.0. The smallest absolute Gasteiger partial charge is 0.246 e. The molecule has 0 aromatic heterocycles. The van der Waals surface area contributed by atoms with Crippen LogP contribution in [-0.4, -0.2) is 36.0 Å². The lowest BCUT2D eigenvalue weighted by Gasteiger charge is -2.60. The molecule has 24 heavy (non-hydrogen) atoms. The number of amides is 1. The third-order valence-corrected chi connectivity index (χ3v) is 8.29. The van der Waals surface area contributed by atoms with Gasteiger partial charge < -0.3 is 4.90 Å². The van der Waals surface area contributed by atoms with Crippen molar-refractivity contribution in [2.75, 3.05) is 7.05 Å². The van der Waals surface area contributed by atoms with Crippen LogP contribution >= 0.6 is 0 Å². The number of carbonyl (C=O) groups is 1. The van der Waals surface area contributed by atoms with Crippen molar-refractivity contribution in [3.63, 3.8) is 0 Å². The average Bonchev–Trinajstić information content (AvgIpc) is 2.89. The van der Waals surface area contributed by atoms with Crippen LogP contribution in [0.5, 0.6) is 0 Å². The van der Waals surface area contributed by atoms with Crippen molar-refractivity contribution in [2.45, 2.75) is 64.5 Å². The minimum absolute atomic E-state index is 0.0962. The summed E-state index contributed by atoms with van der Waals surface area (Å²) in [6, 6.07) is 0.503. The molecule has 1 amide bonds. The van der Waals surface area contributed by atoms with Crippen LogP contribution in [-0.2, 0) is 9.59 Å². The van der Waals surface area contributed by atoms with E-state index in [1.807, 2.05) is 18.0 Å². The third-order valence-electron chi connectivity index (χ3n) is 8.29. The van der Waals surface area contributed by atoms with Crippen molar-refractivity contribution in [3.8, 4) is 0 Å². The first-order chi connectivity index (χ1) is 11.4. The Morgan fingerprint density at radius 3 is 2.71 bits per heavy atom. The molecule has 7 atom stereocenters. The van der Waals surface area contributed by atoms with Crippen molar-refractivity contribution >= 4 is 12.0 Å². The minimum Gasteiger partial charge on any atom is -0.338 e. The van der Waals surface area contributed by atoms with Gasteiger partial charge in [0.2, 0.25) is 12.0 Å². The molecular weight excluding hydrogens is 300 g/mol. The number of likely N-dealkylation sites (N-methyl/N-ethyl adjacent to an activating group) is 1. The Labute approximate surface area is 144 Å². The molecule has 130 valence electrons. The van der Waals surface area contributed by atoms with Gasteiger partial charge in [-0.1, -0.05) is 19.9 Å². The quantitative estimate of drug-likeness (QED) is 0.547. The molecule has 0 bridgehead atoms. The van der Waals surface area contributed by atoms with Gasteiger partial charge in [0.1, 0.15) is 0 Å². The zero-order chi connectivity index (χ0) is 17.1. The second-order valence-corrected chi connectivity index (χ2v) is 8.98. The van der Waals surface area contributed by atoms with Crippen LogP contribution in [0, 0.1) is 28.6 Å². The van der Waals surface area contributed by atoms with Crippen LogP contribution in [0.1, 0.15) is 52.4 Å². The summed E-state index contributed by atoms with van der Waals surface area (Å²) in [5.41, 5.74) is 0.265. The predicted octanol–water partition coefficient (Wildman–Crippen LogP) is 3.33. The summed E-state index contributed by atoms with van der Waals surface area (Å²) in [5.74, 6) is 2.15. The molecule has 3 fully saturated rings. The van der Waals surface area contributed by atoms with Crippen LogP contribution in [0.15, 0.2) is 17.1 Å². The van der Waals surface area contributed by atoms with E-state index in [2.05, 4.69) is 24.9 Å². The standard InChI is InChI=1S/C20H28N2O2/c1-19-10-8-15-13(14(19)5-6-16(19)21-12-23)4-7-17-20(15,2)11-9-18(24)22(17)3/h9,11,13-17H,4-8,10H2,1-3H3/t13-,14-,15-,16-,17+,19-,20+/m0/s1. The number of nitrogens with zero attached hydrogens (tertiary/aromatic N) is 2. The maximum Gasteiger partial charge on any atom is 0.246 e. The molecule has 0 N–H and O–H groups in total. The highest BCUT2D eigenvalue weighted by atomic mass is 16.2. The molecule has 0 aromatic rings. The van der Waals surface area contributed by atoms with Crippen molar-refractivity contribution < 1.29 is 9.59 Å². The molecule has 0 unspecified atom stereocenters. The largest absolute Gasteiger partial charge is 0.338 e. The van der Waals surface area contributed by atoms with E-state index in [1.165, 1.54) is 19.3 Å². The molecule has 0 aromatic carbocycles. The highest BCUT2D eigenvalue weighted by Crippen LogP contribution is 2.64. The fourth-order valence-corrected chi connectivity index (χ4v) is 6.99. The molecule has 0 radical (unpaired) electrons. The summed E-state index contributed by atoms with van der Waals surface area (Å²) in [6.45, 7) is 4.72. The normalized spacial score (nSPS) is 49.9. The van der Waals surface area contributed by atoms with Gasteiger partial charge in [-0.25, -0.2) is 9.79 Å². The lowest BCUT2D eigenvalue weighted by atomic mass is 9.48. The van der Waals surface area contributed by atoms with Gasteiger partial charge in [0.25, 0.3) is 0 Å². The summed E-state index contributed by atoms with van der Waals surface area (Å²) in [7, 11) is 1.96. The number of hydrogen-bond acceptors (Lipinski definition) is 3. The van der Waals surface area contributed by atoms with Crippen LogP contribution in [0.2, 0.25) is 0 Å². The molecule has 4 aliphatic rings. The highest BCUT2D eigenvalue weighted by Gasteiger charge is 2.60. The zero-order valence-corrected chi connectivity index (χ0v) is 15.0. The molecule has 3 saturated carbocycles. The Hall–Kier alpha value is -1.41. The van der Waals surface area contributed by atoms with Crippen molar-refractivity contribution in [2.24, 2.45) is 33.6 Å². The Balaban J connectivity index is 1.68. The predicted molar refractivity (Wildman–Crippen MR) is 92.0 cm³/mol. The van der Waals surface area contributed by atoms with E-state index in [-0.39, 0.29) is 22.8 Å². The molecule has 4 heteroatoms. The van der Waals surface area contributed by atoms with E-state index in [4.69, 9.17) is 0 Å². The van der Waals surface area contributed by atoms with E-state index in [1.54, 1.807) is 6.08 Å². The van der Waals surface area contributed by atoms with Gasteiger partial charge in [-0.15, -0.1) is 0 Å². The number of rotatable bonds is 1. The monoisotopic (exact) mass is 328 g/mol. The SMILES string of the molecule is CN1C(=O)C=C[C@]2(C)[C@H]3CC[C@]4(C)[C@@H](N=C=O)CC[C@H]4[C@@H]3CC[C@@H]12. The van der Waals surface area contributed by atoms with E-state index < -0.39 is 0 Å². The molecule has 4 nitrogen and oxygen atoms in total. The van der Waals surface area contributed by atoms with E-state index in [0.29, 0.717) is 23.8 Å². The number of carbonyl (C=O) groups excluding carboxylic acids is 2. The number of fused-ring (bicyclic) bond motifs is 5. The van der Waals surface area contributed by atoms with Crippen LogP contribution < -0.4 is 0 Å². The van der Waals surface area contributed by atoms with Crippen molar-refractivity contribution in [3.05, 3.63) is 12.2 Å². The van der Waals surface area contributed by atoms with Crippen LogP contribution in [0.25, 0.3) is 0 Å². The number of isocyanates is 1. The van der Waals surface area contributed by atoms with E-state index in [0.717, 1.165) is 19.3 Å². The molecular formula is C20H28N2O2. The van der Waals surface area contributed by atoms with Gasteiger partial charge >= 0.3 is 0 Å². The van der Waals surface area contributed by atoms with Gasteiger partial charge in [-0.2, -0.15) is 0 Å². The molecule has 0 spiro atoms. The van der Waals surface area contributed by atoms with E-state index >= 15 is 0 Å².